The number of rotatable bonds is 5. The van der Waals surface area contributed by atoms with Gasteiger partial charge in [0.1, 0.15) is 0 Å². The van der Waals surface area contributed by atoms with E-state index in [1.54, 1.807) is 12.1 Å². The maximum absolute atomic E-state index is 12.5. The lowest BCUT2D eigenvalue weighted by Crippen LogP contribution is -2.40. The van der Waals surface area contributed by atoms with E-state index >= 15 is 0 Å². The van der Waals surface area contributed by atoms with Gasteiger partial charge in [-0.05, 0) is 48.2 Å². The van der Waals surface area contributed by atoms with Gasteiger partial charge in [-0.1, -0.05) is 37.3 Å². The van der Waals surface area contributed by atoms with Crippen molar-refractivity contribution in [2.75, 3.05) is 26.2 Å². The first-order chi connectivity index (χ1) is 11.0. The van der Waals surface area contributed by atoms with Crippen molar-refractivity contribution in [1.82, 2.24) is 9.62 Å². The SMILES string of the molecule is C[C@H]1CCCN(CCNS(=O)(=O)c2ccc3ccccc3c2)C1. The Kier molecular flexibility index (Phi) is 4.99. The van der Waals surface area contributed by atoms with Crippen LogP contribution >= 0.6 is 0 Å². The molecule has 0 bridgehead atoms. The topological polar surface area (TPSA) is 49.4 Å². The van der Waals surface area contributed by atoms with Crippen LogP contribution in [-0.2, 0) is 10.0 Å². The van der Waals surface area contributed by atoms with Crippen molar-refractivity contribution in [2.24, 2.45) is 5.92 Å². The third-order valence-electron chi connectivity index (χ3n) is 4.49. The molecule has 1 atom stereocenters. The highest BCUT2D eigenvalue weighted by molar-refractivity contribution is 7.89. The van der Waals surface area contributed by atoms with Gasteiger partial charge in [0.05, 0.1) is 4.90 Å². The molecule has 4 nitrogen and oxygen atoms in total. The van der Waals surface area contributed by atoms with Crippen LogP contribution in [0.4, 0.5) is 0 Å². The molecule has 5 heteroatoms. The van der Waals surface area contributed by atoms with Crippen molar-refractivity contribution < 1.29 is 8.42 Å². The molecule has 2 aromatic rings. The average molecular weight is 332 g/mol. The highest BCUT2D eigenvalue weighted by Crippen LogP contribution is 2.19. The van der Waals surface area contributed by atoms with E-state index in [1.165, 1.54) is 12.8 Å². The number of sulfonamides is 1. The van der Waals surface area contributed by atoms with Crippen molar-refractivity contribution in [1.29, 1.82) is 0 Å². The fourth-order valence-corrected chi connectivity index (χ4v) is 4.30. The Labute approximate surface area is 138 Å². The number of nitrogens with one attached hydrogen (secondary N) is 1. The number of hydrogen-bond acceptors (Lipinski definition) is 3. The summed E-state index contributed by atoms with van der Waals surface area (Å²) in [4.78, 5) is 2.68. The summed E-state index contributed by atoms with van der Waals surface area (Å²) in [6, 6.07) is 13.1. The van der Waals surface area contributed by atoms with Crippen molar-refractivity contribution in [3.05, 3.63) is 42.5 Å². The zero-order valence-electron chi connectivity index (χ0n) is 13.5. The largest absolute Gasteiger partial charge is 0.302 e. The molecule has 0 amide bonds. The van der Waals surface area contributed by atoms with Gasteiger partial charge in [-0.3, -0.25) is 0 Å². The summed E-state index contributed by atoms with van der Waals surface area (Å²) in [6.45, 7) is 5.63. The zero-order chi connectivity index (χ0) is 16.3. The maximum Gasteiger partial charge on any atom is 0.240 e. The van der Waals surface area contributed by atoms with Gasteiger partial charge in [0, 0.05) is 19.6 Å². The van der Waals surface area contributed by atoms with Crippen molar-refractivity contribution >= 4 is 20.8 Å². The molecular formula is C18H24N2O2S. The number of hydrogen-bond donors (Lipinski definition) is 1. The molecule has 1 aliphatic heterocycles. The van der Waals surface area contributed by atoms with Crippen LogP contribution in [0.5, 0.6) is 0 Å². The Morgan fingerprint density at radius 2 is 1.96 bits per heavy atom. The Balaban J connectivity index is 1.63. The van der Waals surface area contributed by atoms with Crippen LogP contribution in [-0.4, -0.2) is 39.5 Å². The van der Waals surface area contributed by atoms with Crippen molar-refractivity contribution in [3.8, 4) is 0 Å². The predicted molar refractivity (Wildman–Crippen MR) is 94.0 cm³/mol. The van der Waals surface area contributed by atoms with Gasteiger partial charge in [0.2, 0.25) is 10.0 Å². The van der Waals surface area contributed by atoms with Crippen LogP contribution in [0.1, 0.15) is 19.8 Å². The van der Waals surface area contributed by atoms with Gasteiger partial charge in [0.25, 0.3) is 0 Å². The molecule has 1 N–H and O–H groups in total. The monoisotopic (exact) mass is 332 g/mol. The normalized spacial score (nSPS) is 20.0. The van der Waals surface area contributed by atoms with Gasteiger partial charge in [-0.2, -0.15) is 0 Å². The number of piperidine rings is 1. The van der Waals surface area contributed by atoms with Gasteiger partial charge < -0.3 is 4.90 Å². The first-order valence-electron chi connectivity index (χ1n) is 8.25. The van der Waals surface area contributed by atoms with E-state index in [-0.39, 0.29) is 0 Å². The zero-order valence-corrected chi connectivity index (χ0v) is 14.3. The quantitative estimate of drug-likeness (QED) is 0.916. The Hall–Kier alpha value is -1.43. The Morgan fingerprint density at radius 1 is 1.17 bits per heavy atom. The molecule has 1 heterocycles. The molecule has 0 spiro atoms. The minimum absolute atomic E-state index is 0.336. The van der Waals surface area contributed by atoms with E-state index in [4.69, 9.17) is 0 Å². The number of fused-ring (bicyclic) bond motifs is 1. The van der Waals surface area contributed by atoms with Crippen LogP contribution in [0.15, 0.2) is 47.4 Å². The van der Waals surface area contributed by atoms with E-state index in [0.717, 1.165) is 30.4 Å². The van der Waals surface area contributed by atoms with Crippen LogP contribution in [0.2, 0.25) is 0 Å². The van der Waals surface area contributed by atoms with E-state index in [9.17, 15) is 8.42 Å². The van der Waals surface area contributed by atoms with Crippen LogP contribution < -0.4 is 4.72 Å². The summed E-state index contributed by atoms with van der Waals surface area (Å²) in [5.74, 6) is 0.709. The van der Waals surface area contributed by atoms with Gasteiger partial charge in [-0.15, -0.1) is 0 Å². The molecule has 0 aromatic heterocycles. The summed E-state index contributed by atoms with van der Waals surface area (Å²) in [6.07, 6.45) is 2.48. The lowest BCUT2D eigenvalue weighted by Gasteiger charge is -2.30. The molecule has 124 valence electrons. The van der Waals surface area contributed by atoms with E-state index in [2.05, 4.69) is 16.5 Å². The molecule has 1 aliphatic rings. The second-order valence-corrected chi connectivity index (χ2v) is 8.22. The maximum atomic E-state index is 12.5. The van der Waals surface area contributed by atoms with E-state index in [0.29, 0.717) is 17.4 Å². The third-order valence-corrected chi connectivity index (χ3v) is 5.95. The standard InChI is InChI=1S/C18H24N2O2S/c1-15-5-4-11-20(14-15)12-10-19-23(21,22)18-9-8-16-6-2-3-7-17(16)13-18/h2-3,6-9,13,15,19H,4-5,10-12,14H2,1H3/t15-/m0/s1. The molecule has 0 saturated carbocycles. The molecule has 1 fully saturated rings. The van der Waals surface area contributed by atoms with Crippen LogP contribution in [0, 0.1) is 5.92 Å². The molecule has 0 aliphatic carbocycles. The van der Waals surface area contributed by atoms with Crippen molar-refractivity contribution in [2.45, 2.75) is 24.7 Å². The third kappa shape index (κ3) is 4.10. The summed E-state index contributed by atoms with van der Waals surface area (Å²) < 4.78 is 27.6. The first kappa shape index (κ1) is 16.4. The van der Waals surface area contributed by atoms with E-state index < -0.39 is 10.0 Å². The van der Waals surface area contributed by atoms with Crippen LogP contribution in [0.25, 0.3) is 10.8 Å². The molecule has 0 unspecified atom stereocenters. The number of nitrogens with zero attached hydrogens (tertiary/aromatic N) is 1. The summed E-state index contributed by atoms with van der Waals surface area (Å²) in [5, 5.41) is 1.99. The summed E-state index contributed by atoms with van der Waals surface area (Å²) >= 11 is 0. The highest BCUT2D eigenvalue weighted by atomic mass is 32.2. The highest BCUT2D eigenvalue weighted by Gasteiger charge is 2.18. The predicted octanol–water partition coefficient (Wildman–Crippen LogP) is 2.85. The lowest BCUT2D eigenvalue weighted by molar-refractivity contribution is 0.187. The molecular weight excluding hydrogens is 308 g/mol. The van der Waals surface area contributed by atoms with Gasteiger partial charge in [-0.25, -0.2) is 13.1 Å². The minimum atomic E-state index is -3.44. The Bertz CT molecular complexity index is 773. The second kappa shape index (κ2) is 6.99. The first-order valence-corrected chi connectivity index (χ1v) is 9.74. The minimum Gasteiger partial charge on any atom is -0.302 e. The Morgan fingerprint density at radius 3 is 2.74 bits per heavy atom. The number of likely N-dealkylation sites (tertiary alicyclic amines) is 1. The lowest BCUT2D eigenvalue weighted by atomic mass is 10.0. The van der Waals surface area contributed by atoms with Crippen LogP contribution in [0.3, 0.4) is 0 Å². The average Bonchev–Trinajstić information content (AvgIpc) is 2.54. The fourth-order valence-electron chi connectivity index (χ4n) is 3.25. The van der Waals surface area contributed by atoms with Crippen molar-refractivity contribution in [3.63, 3.8) is 0 Å². The summed E-state index contributed by atoms with van der Waals surface area (Å²) in [5.41, 5.74) is 0. The molecule has 3 rings (SSSR count). The fraction of sp³-hybridized carbons (Fsp3) is 0.444. The van der Waals surface area contributed by atoms with Gasteiger partial charge >= 0.3 is 0 Å². The van der Waals surface area contributed by atoms with Gasteiger partial charge in [0.15, 0.2) is 0 Å². The number of benzene rings is 2. The summed E-state index contributed by atoms with van der Waals surface area (Å²) in [7, 11) is -3.44. The molecule has 23 heavy (non-hydrogen) atoms. The second-order valence-electron chi connectivity index (χ2n) is 6.45. The molecule has 0 radical (unpaired) electrons. The molecule has 2 aromatic carbocycles. The smallest absolute Gasteiger partial charge is 0.240 e. The molecule has 1 saturated heterocycles. The van der Waals surface area contributed by atoms with E-state index in [1.807, 2.05) is 30.3 Å².